The molecule has 0 aliphatic heterocycles. The van der Waals surface area contributed by atoms with Gasteiger partial charge in [0.1, 0.15) is 6.61 Å². The van der Waals surface area contributed by atoms with Crippen LogP contribution >= 0.6 is 28.6 Å². The number of hydrogen-bond acceptors (Lipinski definition) is 3. The maximum Gasteiger partial charge on any atom is 0.168 e. The van der Waals surface area contributed by atoms with Crippen LogP contribution in [0.15, 0.2) is 0 Å². The van der Waals surface area contributed by atoms with Gasteiger partial charge in [-0.1, -0.05) is 15.9 Å². The largest absolute Gasteiger partial charge is 0.374 e. The van der Waals surface area contributed by atoms with Crippen molar-refractivity contribution in [2.24, 2.45) is 0 Å². The highest BCUT2D eigenvalue weighted by atomic mass is 79.9. The second-order valence-electron chi connectivity index (χ2n) is 1.79. The van der Waals surface area contributed by atoms with E-state index in [0.29, 0.717) is 6.61 Å². The summed E-state index contributed by atoms with van der Waals surface area (Å²) in [6, 6.07) is 0. The van der Waals surface area contributed by atoms with Gasteiger partial charge in [0.2, 0.25) is 0 Å². The topological polar surface area (TPSA) is 26.3 Å². The molecule has 0 fully saturated rings. The maximum absolute atomic E-state index is 10.6. The third kappa shape index (κ3) is 6.58. The Labute approximate surface area is 74.9 Å². The van der Waals surface area contributed by atoms with Gasteiger partial charge in [-0.15, -0.1) is 0 Å². The van der Waals surface area contributed by atoms with E-state index < -0.39 is 0 Å². The molecule has 0 rings (SSSR count). The Kier molecular flexibility index (Phi) is 7.91. The van der Waals surface area contributed by atoms with Crippen LogP contribution < -0.4 is 0 Å². The zero-order valence-corrected chi connectivity index (χ0v) is 8.16. The number of hydrogen-bond donors (Lipinski definition) is 1. The predicted octanol–water partition coefficient (Wildman–Crippen LogP) is 1.29. The standard InChI is InChI=1S/C6H11BrO2S/c7-2-1-3-9-4-6(8)5-10/h10H,1-5H2. The first-order valence-electron chi connectivity index (χ1n) is 3.07. The molecule has 0 unspecified atom stereocenters. The highest BCUT2D eigenvalue weighted by Crippen LogP contribution is 1.89. The van der Waals surface area contributed by atoms with Gasteiger partial charge in [0.05, 0.1) is 5.75 Å². The summed E-state index contributed by atoms with van der Waals surface area (Å²) in [5, 5.41) is 0.919. The summed E-state index contributed by atoms with van der Waals surface area (Å²) >= 11 is 7.06. The Hall–Kier alpha value is 0.460. The Morgan fingerprint density at radius 3 is 2.80 bits per heavy atom. The molecule has 0 saturated carbocycles. The summed E-state index contributed by atoms with van der Waals surface area (Å²) < 4.78 is 5.00. The first kappa shape index (κ1) is 10.5. The third-order valence-electron chi connectivity index (χ3n) is 0.862. The number of carbonyl (C=O) groups excluding carboxylic acids is 1. The zero-order valence-electron chi connectivity index (χ0n) is 5.68. The fourth-order valence-corrected chi connectivity index (χ4v) is 0.708. The zero-order chi connectivity index (χ0) is 7.82. The van der Waals surface area contributed by atoms with Crippen LogP contribution in [0, 0.1) is 0 Å². The van der Waals surface area contributed by atoms with Crippen molar-refractivity contribution >= 4 is 34.3 Å². The van der Waals surface area contributed by atoms with Crippen LogP contribution in [0.5, 0.6) is 0 Å². The van der Waals surface area contributed by atoms with E-state index in [1.54, 1.807) is 0 Å². The molecule has 2 nitrogen and oxygen atoms in total. The van der Waals surface area contributed by atoms with Crippen molar-refractivity contribution in [1.82, 2.24) is 0 Å². The second kappa shape index (κ2) is 7.57. The molecule has 0 N–H and O–H groups in total. The molecule has 0 atom stereocenters. The summed E-state index contributed by atoms with van der Waals surface area (Å²) in [7, 11) is 0. The minimum atomic E-state index is 0.0397. The van der Waals surface area contributed by atoms with Crippen LogP contribution in [0.3, 0.4) is 0 Å². The van der Waals surface area contributed by atoms with E-state index in [1.807, 2.05) is 0 Å². The van der Waals surface area contributed by atoms with E-state index in [1.165, 1.54) is 0 Å². The smallest absolute Gasteiger partial charge is 0.168 e. The van der Waals surface area contributed by atoms with Gasteiger partial charge in [0.25, 0.3) is 0 Å². The van der Waals surface area contributed by atoms with Crippen molar-refractivity contribution in [2.45, 2.75) is 6.42 Å². The molecular formula is C6H11BrO2S. The van der Waals surface area contributed by atoms with E-state index >= 15 is 0 Å². The number of halogens is 1. The lowest BCUT2D eigenvalue weighted by Gasteiger charge is -1.98. The number of ketones is 1. The van der Waals surface area contributed by atoms with Crippen molar-refractivity contribution < 1.29 is 9.53 Å². The first-order chi connectivity index (χ1) is 4.81. The molecule has 0 radical (unpaired) electrons. The molecular weight excluding hydrogens is 216 g/mol. The fraction of sp³-hybridized carbons (Fsp3) is 0.833. The SMILES string of the molecule is O=C(CS)COCCCBr. The van der Waals surface area contributed by atoms with Crippen LogP contribution in [0.1, 0.15) is 6.42 Å². The number of alkyl halides is 1. The number of rotatable bonds is 6. The van der Waals surface area contributed by atoms with Crippen LogP contribution in [-0.4, -0.2) is 30.1 Å². The van der Waals surface area contributed by atoms with Gasteiger partial charge in [-0.25, -0.2) is 0 Å². The van der Waals surface area contributed by atoms with E-state index in [4.69, 9.17) is 4.74 Å². The molecule has 0 aromatic heterocycles. The molecule has 0 saturated heterocycles. The van der Waals surface area contributed by atoms with E-state index in [-0.39, 0.29) is 18.1 Å². The molecule has 0 bridgehead atoms. The normalized spacial score (nSPS) is 9.80. The van der Waals surface area contributed by atoms with E-state index in [2.05, 4.69) is 28.6 Å². The maximum atomic E-state index is 10.6. The van der Waals surface area contributed by atoms with Crippen LogP contribution in [0.25, 0.3) is 0 Å². The van der Waals surface area contributed by atoms with Crippen molar-refractivity contribution in [3.05, 3.63) is 0 Å². The highest BCUT2D eigenvalue weighted by molar-refractivity contribution is 9.09. The third-order valence-corrected chi connectivity index (χ3v) is 1.78. The van der Waals surface area contributed by atoms with Crippen molar-refractivity contribution in [1.29, 1.82) is 0 Å². The van der Waals surface area contributed by atoms with Crippen molar-refractivity contribution in [3.63, 3.8) is 0 Å². The van der Waals surface area contributed by atoms with Crippen molar-refractivity contribution in [3.8, 4) is 0 Å². The van der Waals surface area contributed by atoms with E-state index in [0.717, 1.165) is 11.8 Å². The summed E-state index contributed by atoms with van der Waals surface area (Å²) in [5.74, 6) is 0.312. The van der Waals surface area contributed by atoms with Gasteiger partial charge < -0.3 is 4.74 Å². The summed E-state index contributed by atoms with van der Waals surface area (Å²) in [6.07, 6.45) is 0.944. The van der Waals surface area contributed by atoms with Crippen LogP contribution in [0.4, 0.5) is 0 Å². The van der Waals surface area contributed by atoms with Gasteiger partial charge in [0.15, 0.2) is 5.78 Å². The van der Waals surface area contributed by atoms with Crippen molar-refractivity contribution in [2.75, 3.05) is 24.3 Å². The van der Waals surface area contributed by atoms with Gasteiger partial charge in [-0.3, -0.25) is 4.79 Å². The molecule has 0 spiro atoms. The summed E-state index contributed by atoms with van der Waals surface area (Å²) in [6.45, 7) is 0.848. The Balaban J connectivity index is 2.96. The number of thiol groups is 1. The Bertz CT molecular complexity index is 97.7. The summed E-state index contributed by atoms with van der Waals surface area (Å²) in [5.41, 5.74) is 0. The quantitative estimate of drug-likeness (QED) is 0.420. The van der Waals surface area contributed by atoms with Gasteiger partial charge in [0, 0.05) is 11.9 Å². The molecule has 60 valence electrons. The Morgan fingerprint density at radius 1 is 1.60 bits per heavy atom. The van der Waals surface area contributed by atoms with E-state index in [9.17, 15) is 4.79 Å². The minimum Gasteiger partial charge on any atom is -0.374 e. The molecule has 0 aromatic carbocycles. The second-order valence-corrected chi connectivity index (χ2v) is 2.90. The van der Waals surface area contributed by atoms with Gasteiger partial charge >= 0.3 is 0 Å². The average molecular weight is 227 g/mol. The predicted molar refractivity (Wildman–Crippen MR) is 48.1 cm³/mol. The van der Waals surface area contributed by atoms with Gasteiger partial charge in [-0.2, -0.15) is 12.6 Å². The molecule has 4 heteroatoms. The molecule has 0 heterocycles. The molecule has 0 aliphatic rings. The molecule has 10 heavy (non-hydrogen) atoms. The monoisotopic (exact) mass is 226 g/mol. The molecule has 0 aromatic rings. The number of ether oxygens (including phenoxy) is 1. The minimum absolute atomic E-state index is 0.0397. The van der Waals surface area contributed by atoms with Crippen LogP contribution in [0.2, 0.25) is 0 Å². The lowest BCUT2D eigenvalue weighted by molar-refractivity contribution is -0.120. The summed E-state index contributed by atoms with van der Waals surface area (Å²) in [4.78, 5) is 10.6. The average Bonchev–Trinajstić information content (AvgIpc) is 1.98. The number of Topliss-reactive ketones (excluding diaryl/α,β-unsaturated/α-hetero) is 1. The lowest BCUT2D eigenvalue weighted by Crippen LogP contribution is -2.10. The first-order valence-corrected chi connectivity index (χ1v) is 4.83. The highest BCUT2D eigenvalue weighted by Gasteiger charge is 1.96. The fourth-order valence-electron chi connectivity index (χ4n) is 0.388. The molecule has 0 aliphatic carbocycles. The lowest BCUT2D eigenvalue weighted by atomic mass is 10.5. The number of carbonyl (C=O) groups is 1. The Morgan fingerprint density at radius 2 is 2.30 bits per heavy atom. The van der Waals surface area contributed by atoms with Gasteiger partial charge in [-0.05, 0) is 6.42 Å². The molecule has 0 amide bonds. The van der Waals surface area contributed by atoms with Crippen LogP contribution in [-0.2, 0) is 9.53 Å².